The quantitative estimate of drug-likeness (QED) is 0.595. The Morgan fingerprint density at radius 1 is 0.828 bits per heavy atom. The fraction of sp³-hybridized carbons (Fsp3) is 0.136. The number of methoxy groups -OCH3 is 2. The highest BCUT2D eigenvalue weighted by atomic mass is 19.1. The highest BCUT2D eigenvalue weighted by Gasteiger charge is 2.54. The number of carbonyl (C=O) groups is 1. The van der Waals surface area contributed by atoms with Crippen molar-refractivity contribution in [2.24, 2.45) is 0 Å². The normalized spacial score (nSPS) is 15.1. The number of carbonyl (C=O) groups excluding carboxylic acids is 1. The number of halogens is 2. The van der Waals surface area contributed by atoms with Crippen molar-refractivity contribution in [1.82, 2.24) is 0 Å². The van der Waals surface area contributed by atoms with Crippen LogP contribution in [0.1, 0.15) is 27.0 Å². The highest BCUT2D eigenvalue weighted by Crippen LogP contribution is 2.57. The van der Waals surface area contributed by atoms with Crippen LogP contribution >= 0.6 is 0 Å². The molecule has 29 heavy (non-hydrogen) atoms. The molecule has 0 N–H and O–H groups in total. The number of esters is 1. The molecule has 7 heteroatoms. The summed E-state index contributed by atoms with van der Waals surface area (Å²) in [6.07, 6.45) is 0. The first-order chi connectivity index (χ1) is 14.0. The van der Waals surface area contributed by atoms with Crippen LogP contribution in [0.3, 0.4) is 0 Å². The zero-order chi connectivity index (χ0) is 20.3. The van der Waals surface area contributed by atoms with Gasteiger partial charge in [0.05, 0.1) is 30.9 Å². The molecule has 0 amide bonds. The molecule has 2 heterocycles. The van der Waals surface area contributed by atoms with Crippen molar-refractivity contribution in [3.63, 3.8) is 0 Å². The Labute approximate surface area is 164 Å². The van der Waals surface area contributed by atoms with Gasteiger partial charge in [-0.25, -0.2) is 13.6 Å². The Morgan fingerprint density at radius 2 is 1.38 bits per heavy atom. The van der Waals surface area contributed by atoms with E-state index in [-0.39, 0.29) is 34.1 Å². The molecule has 0 saturated carbocycles. The maximum atomic E-state index is 14.6. The minimum atomic E-state index is -1.56. The molecule has 2 aliphatic rings. The van der Waals surface area contributed by atoms with E-state index in [1.54, 1.807) is 24.3 Å². The molecule has 5 rings (SSSR count). The van der Waals surface area contributed by atoms with Crippen molar-refractivity contribution in [3.8, 4) is 23.0 Å². The van der Waals surface area contributed by atoms with E-state index in [0.717, 1.165) is 0 Å². The summed E-state index contributed by atoms with van der Waals surface area (Å²) in [6, 6.07) is 11.9. The summed E-state index contributed by atoms with van der Waals surface area (Å²) in [5.74, 6) is -1.52. The van der Waals surface area contributed by atoms with Gasteiger partial charge in [0, 0.05) is 17.7 Å². The first-order valence-electron chi connectivity index (χ1n) is 8.76. The smallest absolute Gasteiger partial charge is 0.340 e. The third-order valence-electron chi connectivity index (χ3n) is 5.26. The van der Waals surface area contributed by atoms with Gasteiger partial charge in [0.2, 0.25) is 0 Å². The highest BCUT2D eigenvalue weighted by molar-refractivity contribution is 5.97. The van der Waals surface area contributed by atoms with Crippen LogP contribution < -0.4 is 14.2 Å². The molecule has 0 aliphatic carbocycles. The first kappa shape index (κ1) is 17.5. The van der Waals surface area contributed by atoms with E-state index in [0.29, 0.717) is 11.1 Å². The summed E-state index contributed by atoms with van der Waals surface area (Å²) < 4.78 is 51.2. The van der Waals surface area contributed by atoms with E-state index >= 15 is 0 Å². The Kier molecular flexibility index (Phi) is 3.58. The van der Waals surface area contributed by atoms with Gasteiger partial charge in [-0.15, -0.1) is 0 Å². The van der Waals surface area contributed by atoms with Crippen LogP contribution in [-0.2, 0) is 10.3 Å². The van der Waals surface area contributed by atoms with Crippen molar-refractivity contribution in [2.45, 2.75) is 5.60 Å². The van der Waals surface area contributed by atoms with Crippen LogP contribution in [0.25, 0.3) is 0 Å². The number of rotatable bonds is 2. The molecule has 1 spiro atoms. The molecule has 5 nitrogen and oxygen atoms in total. The van der Waals surface area contributed by atoms with Crippen molar-refractivity contribution in [1.29, 1.82) is 0 Å². The second-order valence-electron chi connectivity index (χ2n) is 6.68. The Morgan fingerprint density at radius 3 is 1.93 bits per heavy atom. The molecule has 0 atom stereocenters. The van der Waals surface area contributed by atoms with Crippen molar-refractivity contribution in [3.05, 3.63) is 82.4 Å². The lowest BCUT2D eigenvalue weighted by Crippen LogP contribution is -2.33. The van der Waals surface area contributed by atoms with Crippen LogP contribution in [0.2, 0.25) is 0 Å². The lowest BCUT2D eigenvalue weighted by Gasteiger charge is -2.36. The van der Waals surface area contributed by atoms with E-state index in [4.69, 9.17) is 18.9 Å². The summed E-state index contributed by atoms with van der Waals surface area (Å²) in [7, 11) is 2.67. The van der Waals surface area contributed by atoms with Crippen LogP contribution in [-0.4, -0.2) is 20.2 Å². The maximum absolute atomic E-state index is 14.6. The summed E-state index contributed by atoms with van der Waals surface area (Å²) in [6.45, 7) is 0. The SMILES string of the molecule is COc1cc2c(cc1F)C1(OC(=O)c3ccccc31)c1cc(F)c(OC)cc1O2. The number of hydrogen-bond acceptors (Lipinski definition) is 5. The standard InChI is InChI=1S/C22H14F2O5/c1-26-19-9-17-13(7-15(19)23)22(12-6-4-3-5-11(12)21(25)29-22)14-8-16(24)20(27-2)10-18(14)28-17/h3-10H,1-2H3. The van der Waals surface area contributed by atoms with Crippen molar-refractivity contribution in [2.75, 3.05) is 14.2 Å². The molecule has 146 valence electrons. The largest absolute Gasteiger partial charge is 0.494 e. The van der Waals surface area contributed by atoms with Crippen molar-refractivity contribution < 1.29 is 32.5 Å². The van der Waals surface area contributed by atoms with E-state index in [9.17, 15) is 13.6 Å². The fourth-order valence-electron chi connectivity index (χ4n) is 3.98. The van der Waals surface area contributed by atoms with Crippen LogP contribution in [0.15, 0.2) is 48.5 Å². The molecular formula is C22H14F2O5. The summed E-state index contributed by atoms with van der Waals surface area (Å²) in [5, 5.41) is 0. The molecule has 0 fully saturated rings. The zero-order valence-electron chi connectivity index (χ0n) is 15.4. The van der Waals surface area contributed by atoms with Gasteiger partial charge in [-0.05, 0) is 18.2 Å². The summed E-state index contributed by atoms with van der Waals surface area (Å²) in [5.41, 5.74) is -0.280. The molecule has 3 aromatic rings. The summed E-state index contributed by atoms with van der Waals surface area (Å²) in [4.78, 5) is 12.7. The molecular weight excluding hydrogens is 382 g/mol. The third kappa shape index (κ3) is 2.21. The lowest BCUT2D eigenvalue weighted by molar-refractivity contribution is 0.0221. The monoisotopic (exact) mass is 396 g/mol. The summed E-state index contributed by atoms with van der Waals surface area (Å²) >= 11 is 0. The van der Waals surface area contributed by atoms with Crippen LogP contribution in [0, 0.1) is 11.6 Å². The maximum Gasteiger partial charge on any atom is 0.340 e. The molecule has 0 bridgehead atoms. The van der Waals surface area contributed by atoms with Crippen LogP contribution in [0.5, 0.6) is 23.0 Å². The number of benzene rings is 3. The minimum Gasteiger partial charge on any atom is -0.494 e. The number of fused-ring (bicyclic) bond motifs is 6. The number of hydrogen-bond donors (Lipinski definition) is 0. The molecule has 0 aromatic heterocycles. The predicted molar refractivity (Wildman–Crippen MR) is 97.7 cm³/mol. The van der Waals surface area contributed by atoms with Gasteiger partial charge < -0.3 is 18.9 Å². The van der Waals surface area contributed by atoms with E-state index in [1.807, 2.05) is 0 Å². The number of ether oxygens (including phenoxy) is 4. The van der Waals surface area contributed by atoms with Gasteiger partial charge in [-0.1, -0.05) is 18.2 Å². The van der Waals surface area contributed by atoms with E-state index < -0.39 is 23.2 Å². The second-order valence-corrected chi connectivity index (χ2v) is 6.68. The Balaban J connectivity index is 1.90. The van der Waals surface area contributed by atoms with E-state index in [1.165, 1.54) is 38.5 Å². The van der Waals surface area contributed by atoms with Gasteiger partial charge in [0.25, 0.3) is 0 Å². The molecule has 0 saturated heterocycles. The second kappa shape index (κ2) is 5.94. The lowest BCUT2D eigenvalue weighted by atomic mass is 9.77. The molecule has 0 radical (unpaired) electrons. The fourth-order valence-corrected chi connectivity index (χ4v) is 3.98. The first-order valence-corrected chi connectivity index (χ1v) is 8.76. The Hall–Kier alpha value is -3.61. The van der Waals surface area contributed by atoms with Crippen molar-refractivity contribution >= 4 is 5.97 Å². The molecule has 3 aromatic carbocycles. The predicted octanol–water partition coefficient (Wildman–Crippen LogP) is 4.55. The average Bonchev–Trinajstić information content (AvgIpc) is 3.02. The van der Waals surface area contributed by atoms with Gasteiger partial charge in [0.1, 0.15) is 11.5 Å². The van der Waals surface area contributed by atoms with Gasteiger partial charge in [0.15, 0.2) is 28.7 Å². The topological polar surface area (TPSA) is 54.0 Å². The van der Waals surface area contributed by atoms with Crippen LogP contribution in [0.4, 0.5) is 8.78 Å². The molecule has 2 aliphatic heterocycles. The Bertz CT molecular complexity index is 1130. The van der Waals surface area contributed by atoms with Gasteiger partial charge in [-0.3, -0.25) is 0 Å². The average molecular weight is 396 g/mol. The van der Waals surface area contributed by atoms with Gasteiger partial charge >= 0.3 is 5.97 Å². The molecule has 0 unspecified atom stereocenters. The van der Waals surface area contributed by atoms with Gasteiger partial charge in [-0.2, -0.15) is 0 Å². The minimum absolute atomic E-state index is 0.0333. The zero-order valence-corrected chi connectivity index (χ0v) is 15.4. The van der Waals surface area contributed by atoms with E-state index in [2.05, 4.69) is 0 Å². The third-order valence-corrected chi connectivity index (χ3v) is 5.26.